The molecule has 5 heteroatoms. The van der Waals surface area contributed by atoms with Crippen LogP contribution in [-0.2, 0) is 0 Å². The number of carbonyl (C=O) groups excluding carboxylic acids is 1. The first kappa shape index (κ1) is 15.2. The average Bonchev–Trinajstić information content (AvgIpc) is 2.38. The van der Waals surface area contributed by atoms with Crippen molar-refractivity contribution in [3.05, 3.63) is 44.8 Å². The summed E-state index contributed by atoms with van der Waals surface area (Å²) in [6.07, 6.45) is 0.634. The van der Waals surface area contributed by atoms with Crippen molar-refractivity contribution in [1.82, 2.24) is 0 Å². The lowest BCUT2D eigenvalue weighted by atomic mass is 9.97. The van der Waals surface area contributed by atoms with E-state index in [4.69, 9.17) is 17.3 Å². The molecule has 0 saturated heterocycles. The van der Waals surface area contributed by atoms with Gasteiger partial charge in [0.05, 0.1) is 10.9 Å². The highest BCUT2D eigenvalue weighted by Crippen LogP contribution is 2.28. The summed E-state index contributed by atoms with van der Waals surface area (Å²) in [5.74, 6) is -1.23. The van der Waals surface area contributed by atoms with E-state index in [0.29, 0.717) is 16.6 Å². The van der Waals surface area contributed by atoms with Crippen LogP contribution in [0.5, 0.6) is 0 Å². The topological polar surface area (TPSA) is 43.1 Å². The predicted molar refractivity (Wildman–Crippen MR) is 75.3 cm³/mol. The zero-order valence-electron chi connectivity index (χ0n) is 10.1. The summed E-state index contributed by atoms with van der Waals surface area (Å²) in [6.45, 7) is 3.60. The minimum absolute atomic E-state index is 0.171. The van der Waals surface area contributed by atoms with Crippen LogP contribution >= 0.6 is 27.5 Å². The number of hydrogen-bond acceptors (Lipinski definition) is 2. The lowest BCUT2D eigenvalue weighted by Crippen LogP contribution is -2.15. The van der Waals surface area contributed by atoms with Crippen LogP contribution in [0.15, 0.2) is 28.4 Å². The Morgan fingerprint density at radius 1 is 1.56 bits per heavy atom. The molecule has 0 aliphatic carbocycles. The molecule has 2 nitrogen and oxygen atoms in total. The summed E-state index contributed by atoms with van der Waals surface area (Å²) >= 11 is 9.21. The lowest BCUT2D eigenvalue weighted by Gasteiger charge is -2.13. The van der Waals surface area contributed by atoms with E-state index in [1.165, 1.54) is 12.1 Å². The van der Waals surface area contributed by atoms with Gasteiger partial charge in [-0.05, 0) is 24.6 Å². The summed E-state index contributed by atoms with van der Waals surface area (Å²) in [5.41, 5.74) is 6.55. The van der Waals surface area contributed by atoms with Gasteiger partial charge in [0.15, 0.2) is 5.78 Å². The summed E-state index contributed by atoms with van der Waals surface area (Å²) in [4.78, 5) is 12.2. The Balaban J connectivity index is 3.11. The van der Waals surface area contributed by atoms with Crippen LogP contribution in [-0.4, -0.2) is 5.78 Å². The van der Waals surface area contributed by atoms with Gasteiger partial charge in [-0.2, -0.15) is 0 Å². The molecule has 1 atom stereocenters. The average molecular weight is 335 g/mol. The minimum atomic E-state index is -0.487. The second-order valence-electron chi connectivity index (χ2n) is 3.94. The van der Waals surface area contributed by atoms with Crippen LogP contribution in [0.3, 0.4) is 0 Å². The maximum atomic E-state index is 13.1. The number of allylic oxidation sites excluding steroid dienone is 2. The highest BCUT2D eigenvalue weighted by molar-refractivity contribution is 9.11. The van der Waals surface area contributed by atoms with Gasteiger partial charge in [-0.25, -0.2) is 4.39 Å². The number of hydrogen-bond donors (Lipinski definition) is 1. The van der Waals surface area contributed by atoms with Gasteiger partial charge in [-0.1, -0.05) is 41.4 Å². The Morgan fingerprint density at radius 3 is 2.72 bits per heavy atom. The zero-order valence-corrected chi connectivity index (χ0v) is 12.5. The summed E-state index contributed by atoms with van der Waals surface area (Å²) in [7, 11) is 0. The van der Waals surface area contributed by atoms with E-state index in [-0.39, 0.29) is 16.4 Å². The number of halogens is 3. The molecule has 98 valence electrons. The molecule has 0 radical (unpaired) electrons. The maximum absolute atomic E-state index is 13.1. The minimum Gasteiger partial charge on any atom is -0.401 e. The van der Waals surface area contributed by atoms with E-state index in [1.807, 2.05) is 6.92 Å². The molecular formula is C13H14BrClFNO. The molecule has 0 bridgehead atoms. The molecular weight excluding hydrogens is 321 g/mol. The van der Waals surface area contributed by atoms with Gasteiger partial charge in [0.25, 0.3) is 0 Å². The number of nitrogens with two attached hydrogens (primary N) is 1. The fourth-order valence-electron chi connectivity index (χ4n) is 1.48. The summed E-state index contributed by atoms with van der Waals surface area (Å²) < 4.78 is 13.8. The predicted octanol–water partition coefficient (Wildman–Crippen LogP) is 4.27. The number of ketones is 1. The van der Waals surface area contributed by atoms with Gasteiger partial charge in [0, 0.05) is 15.7 Å². The fourth-order valence-corrected chi connectivity index (χ4v) is 2.18. The van der Waals surface area contributed by atoms with Crippen LogP contribution < -0.4 is 5.73 Å². The van der Waals surface area contributed by atoms with Crippen molar-refractivity contribution in [2.24, 2.45) is 11.7 Å². The van der Waals surface area contributed by atoms with Crippen LogP contribution in [0.25, 0.3) is 0 Å². The van der Waals surface area contributed by atoms with Gasteiger partial charge in [-0.3, -0.25) is 4.79 Å². The van der Waals surface area contributed by atoms with Crippen molar-refractivity contribution < 1.29 is 9.18 Å². The molecule has 0 aromatic heterocycles. The first-order valence-corrected chi connectivity index (χ1v) is 6.68. The van der Waals surface area contributed by atoms with E-state index in [0.717, 1.165) is 6.07 Å². The molecule has 0 fully saturated rings. The van der Waals surface area contributed by atoms with Crippen molar-refractivity contribution in [2.75, 3.05) is 0 Å². The molecule has 2 N–H and O–H groups in total. The van der Waals surface area contributed by atoms with Gasteiger partial charge in [0.2, 0.25) is 0 Å². The summed E-state index contributed by atoms with van der Waals surface area (Å²) in [6, 6.07) is 3.73. The number of benzene rings is 1. The Morgan fingerprint density at radius 2 is 2.17 bits per heavy atom. The van der Waals surface area contributed by atoms with Crippen molar-refractivity contribution >= 4 is 33.3 Å². The van der Waals surface area contributed by atoms with Crippen molar-refractivity contribution in [3.8, 4) is 0 Å². The van der Waals surface area contributed by atoms with Crippen molar-refractivity contribution in [1.29, 1.82) is 0 Å². The number of rotatable bonds is 4. The number of Topliss-reactive ketones (excluding diaryl/α,β-unsaturated/α-hetero) is 1. The quantitative estimate of drug-likeness (QED) is 0.835. The molecule has 18 heavy (non-hydrogen) atoms. The molecule has 1 rings (SSSR count). The van der Waals surface area contributed by atoms with E-state index in [9.17, 15) is 9.18 Å². The molecule has 1 aromatic carbocycles. The molecule has 0 saturated carbocycles. The second kappa shape index (κ2) is 6.34. The van der Waals surface area contributed by atoms with Crippen LogP contribution in [0, 0.1) is 11.7 Å². The maximum Gasteiger partial charge on any atom is 0.172 e. The van der Waals surface area contributed by atoms with Gasteiger partial charge in [-0.15, -0.1) is 0 Å². The molecule has 1 aromatic rings. The molecule has 0 aliphatic heterocycles. The van der Waals surface area contributed by atoms with E-state index in [1.54, 1.807) is 6.92 Å². The first-order valence-electron chi connectivity index (χ1n) is 5.51. The highest BCUT2D eigenvalue weighted by Gasteiger charge is 2.22. The monoisotopic (exact) mass is 333 g/mol. The highest BCUT2D eigenvalue weighted by atomic mass is 79.9. The largest absolute Gasteiger partial charge is 0.401 e. The molecule has 0 spiro atoms. The molecule has 0 amide bonds. The van der Waals surface area contributed by atoms with E-state index in [2.05, 4.69) is 15.9 Å². The smallest absolute Gasteiger partial charge is 0.172 e. The van der Waals surface area contributed by atoms with Crippen LogP contribution in [0.4, 0.5) is 4.39 Å². The van der Waals surface area contributed by atoms with E-state index < -0.39 is 11.7 Å². The zero-order chi connectivity index (χ0) is 13.9. The van der Waals surface area contributed by atoms with Crippen molar-refractivity contribution in [2.45, 2.75) is 20.3 Å². The first-order chi connectivity index (χ1) is 8.38. The van der Waals surface area contributed by atoms with Crippen LogP contribution in [0.2, 0.25) is 5.02 Å². The van der Waals surface area contributed by atoms with Gasteiger partial charge in [0.1, 0.15) is 5.82 Å². The van der Waals surface area contributed by atoms with E-state index >= 15 is 0 Å². The standard InChI is InChI=1S/C13H14BrClFNO/c1-3-11(17)12(14)7(2)13(18)9-6-8(16)4-5-10(9)15/h4-7H,3,17H2,1-2H3/b12-11-. The Hall–Kier alpha value is -0.870. The summed E-state index contributed by atoms with van der Waals surface area (Å²) in [5, 5.41) is 0.239. The lowest BCUT2D eigenvalue weighted by molar-refractivity contribution is 0.0951. The molecule has 0 heterocycles. The SMILES string of the molecule is CC/C(N)=C(/Br)C(C)C(=O)c1cc(F)ccc1Cl. The molecule has 1 unspecified atom stereocenters. The third-order valence-corrected chi connectivity index (χ3v) is 4.18. The Kier molecular flexibility index (Phi) is 5.35. The normalized spacial score (nSPS) is 14.1. The fraction of sp³-hybridized carbons (Fsp3) is 0.308. The van der Waals surface area contributed by atoms with Gasteiger partial charge < -0.3 is 5.73 Å². The van der Waals surface area contributed by atoms with Gasteiger partial charge >= 0.3 is 0 Å². The number of carbonyl (C=O) groups is 1. The Bertz CT molecular complexity index is 502. The third-order valence-electron chi connectivity index (χ3n) is 2.65. The molecule has 0 aliphatic rings. The van der Waals surface area contributed by atoms with Crippen molar-refractivity contribution in [3.63, 3.8) is 0 Å². The van der Waals surface area contributed by atoms with Crippen LogP contribution in [0.1, 0.15) is 30.6 Å². The third kappa shape index (κ3) is 3.33. The second-order valence-corrected chi connectivity index (χ2v) is 5.20. The Labute approximate surface area is 119 Å².